The third-order valence-electron chi connectivity index (χ3n) is 2.83. The smallest absolute Gasteiger partial charge is 0.324 e. The van der Waals surface area contributed by atoms with Crippen molar-refractivity contribution in [1.29, 1.82) is 0 Å². The van der Waals surface area contributed by atoms with E-state index in [1.165, 1.54) is 25.0 Å². The predicted molar refractivity (Wildman–Crippen MR) is 62.6 cm³/mol. The van der Waals surface area contributed by atoms with E-state index in [-0.39, 0.29) is 22.7 Å². The van der Waals surface area contributed by atoms with Crippen molar-refractivity contribution in [1.82, 2.24) is 0 Å². The van der Waals surface area contributed by atoms with E-state index < -0.39 is 5.51 Å². The Morgan fingerprint density at radius 3 is 2.29 bits per heavy atom. The molecule has 0 saturated heterocycles. The summed E-state index contributed by atoms with van der Waals surface area (Å²) in [5.41, 5.74) is 2.68. The second kappa shape index (κ2) is 4.90. The van der Waals surface area contributed by atoms with Crippen LogP contribution in [0.5, 0.6) is 0 Å². The molecule has 2 rings (SSSR count). The fourth-order valence-electron chi connectivity index (χ4n) is 1.77. The molecule has 0 radical (unpaired) electrons. The summed E-state index contributed by atoms with van der Waals surface area (Å²) in [5.74, 6) is 0.717. The SMILES string of the molecule is N[C@@H](CC1CC1)c1ccc(SC(F)(F)F)cc1. The van der Waals surface area contributed by atoms with Crippen LogP contribution < -0.4 is 5.73 Å². The van der Waals surface area contributed by atoms with Crippen molar-refractivity contribution in [2.75, 3.05) is 0 Å². The van der Waals surface area contributed by atoms with E-state index in [4.69, 9.17) is 5.73 Å². The first-order valence-corrected chi connectivity index (χ1v) is 6.37. The number of hydrogen-bond acceptors (Lipinski definition) is 2. The Kier molecular flexibility index (Phi) is 3.68. The number of alkyl halides is 3. The molecule has 0 aliphatic heterocycles. The van der Waals surface area contributed by atoms with Gasteiger partial charge in [0.25, 0.3) is 0 Å². The summed E-state index contributed by atoms with van der Waals surface area (Å²) in [4.78, 5) is 0.208. The number of hydrogen-bond donors (Lipinski definition) is 1. The van der Waals surface area contributed by atoms with Gasteiger partial charge >= 0.3 is 5.51 Å². The van der Waals surface area contributed by atoms with Crippen LogP contribution in [0.4, 0.5) is 13.2 Å². The summed E-state index contributed by atoms with van der Waals surface area (Å²) in [6, 6.07) is 6.32. The molecule has 0 spiro atoms. The molecule has 2 N–H and O–H groups in total. The average molecular weight is 261 g/mol. The monoisotopic (exact) mass is 261 g/mol. The minimum absolute atomic E-state index is 0.0487. The molecule has 0 aromatic heterocycles. The Bertz CT molecular complexity index is 370. The van der Waals surface area contributed by atoms with Crippen LogP contribution in [-0.2, 0) is 0 Å². The molecule has 1 aromatic rings. The average Bonchev–Trinajstić information content (AvgIpc) is 3.00. The lowest BCUT2D eigenvalue weighted by molar-refractivity contribution is -0.0328. The molecule has 5 heteroatoms. The minimum atomic E-state index is -4.22. The normalized spacial score (nSPS) is 18.1. The van der Waals surface area contributed by atoms with E-state index in [1.54, 1.807) is 12.1 Å². The van der Waals surface area contributed by atoms with Gasteiger partial charge in [0.15, 0.2) is 0 Å². The van der Waals surface area contributed by atoms with Crippen molar-refractivity contribution in [2.45, 2.75) is 35.7 Å². The Hall–Kier alpha value is -0.680. The molecule has 1 fully saturated rings. The Labute approximate surface area is 103 Å². The van der Waals surface area contributed by atoms with E-state index in [1.807, 2.05) is 0 Å². The molecule has 94 valence electrons. The molecule has 1 aliphatic carbocycles. The van der Waals surface area contributed by atoms with Gasteiger partial charge in [-0.05, 0) is 41.8 Å². The van der Waals surface area contributed by atoms with Crippen molar-refractivity contribution in [3.05, 3.63) is 29.8 Å². The van der Waals surface area contributed by atoms with E-state index in [9.17, 15) is 13.2 Å². The molecule has 1 nitrogen and oxygen atoms in total. The van der Waals surface area contributed by atoms with Crippen LogP contribution in [0.1, 0.15) is 30.9 Å². The molecule has 0 unspecified atom stereocenters. The zero-order valence-corrected chi connectivity index (χ0v) is 10.0. The first-order chi connectivity index (χ1) is 7.94. The standard InChI is InChI=1S/C12H14F3NS/c13-12(14,15)17-10-5-3-9(4-6-10)11(16)7-8-1-2-8/h3-6,8,11H,1-2,7,16H2/t11-/m0/s1. The highest BCUT2D eigenvalue weighted by Gasteiger charge is 2.29. The van der Waals surface area contributed by atoms with Gasteiger partial charge in [-0.3, -0.25) is 0 Å². The molecule has 1 atom stereocenters. The quantitative estimate of drug-likeness (QED) is 0.826. The fourth-order valence-corrected chi connectivity index (χ4v) is 2.30. The third kappa shape index (κ3) is 4.24. The first-order valence-electron chi connectivity index (χ1n) is 5.55. The topological polar surface area (TPSA) is 26.0 Å². The van der Waals surface area contributed by atoms with Crippen LogP contribution in [0.15, 0.2) is 29.2 Å². The van der Waals surface area contributed by atoms with E-state index in [0.29, 0.717) is 5.92 Å². The third-order valence-corrected chi connectivity index (χ3v) is 3.57. The molecular weight excluding hydrogens is 247 g/mol. The van der Waals surface area contributed by atoms with Gasteiger partial charge in [-0.15, -0.1) is 0 Å². The van der Waals surface area contributed by atoms with Gasteiger partial charge in [0.1, 0.15) is 0 Å². The summed E-state index contributed by atoms with van der Waals surface area (Å²) in [6.07, 6.45) is 3.40. The maximum Gasteiger partial charge on any atom is 0.446 e. The fraction of sp³-hybridized carbons (Fsp3) is 0.500. The van der Waals surface area contributed by atoms with Crippen molar-refractivity contribution < 1.29 is 13.2 Å². The second-order valence-corrected chi connectivity index (χ2v) is 5.54. The molecule has 0 amide bonds. The van der Waals surface area contributed by atoms with E-state index in [0.717, 1.165) is 12.0 Å². The highest BCUT2D eigenvalue weighted by molar-refractivity contribution is 8.00. The molecular formula is C12H14F3NS. The number of benzene rings is 1. The van der Waals surface area contributed by atoms with Gasteiger partial charge in [-0.2, -0.15) is 13.2 Å². The summed E-state index contributed by atoms with van der Waals surface area (Å²) < 4.78 is 36.4. The maximum atomic E-state index is 12.1. The summed E-state index contributed by atoms with van der Waals surface area (Å²) in [7, 11) is 0. The van der Waals surface area contributed by atoms with Crippen LogP contribution in [0.3, 0.4) is 0 Å². The highest BCUT2D eigenvalue weighted by Crippen LogP contribution is 2.39. The van der Waals surface area contributed by atoms with Crippen LogP contribution in [0.2, 0.25) is 0 Å². The van der Waals surface area contributed by atoms with E-state index in [2.05, 4.69) is 0 Å². The summed E-state index contributed by atoms with van der Waals surface area (Å²) in [5, 5.41) is 0. The Balaban J connectivity index is 1.96. The van der Waals surface area contributed by atoms with Gasteiger partial charge in [0.2, 0.25) is 0 Å². The number of nitrogens with two attached hydrogens (primary N) is 1. The lowest BCUT2D eigenvalue weighted by Crippen LogP contribution is -2.10. The first kappa shape index (κ1) is 12.8. The van der Waals surface area contributed by atoms with Gasteiger partial charge in [0.05, 0.1) is 0 Å². The molecule has 1 saturated carbocycles. The Morgan fingerprint density at radius 2 is 1.82 bits per heavy atom. The van der Waals surface area contributed by atoms with Crippen molar-refractivity contribution >= 4 is 11.8 Å². The molecule has 1 aromatic carbocycles. The van der Waals surface area contributed by atoms with Crippen LogP contribution >= 0.6 is 11.8 Å². The zero-order chi connectivity index (χ0) is 12.5. The lowest BCUT2D eigenvalue weighted by atomic mass is 10.0. The predicted octanol–water partition coefficient (Wildman–Crippen LogP) is 4.10. The second-order valence-electron chi connectivity index (χ2n) is 4.40. The van der Waals surface area contributed by atoms with Gasteiger partial charge < -0.3 is 5.73 Å². The largest absolute Gasteiger partial charge is 0.446 e. The van der Waals surface area contributed by atoms with E-state index >= 15 is 0 Å². The molecule has 0 bridgehead atoms. The Morgan fingerprint density at radius 1 is 1.24 bits per heavy atom. The van der Waals surface area contributed by atoms with Crippen LogP contribution in [0, 0.1) is 5.92 Å². The molecule has 0 heterocycles. The molecule has 17 heavy (non-hydrogen) atoms. The van der Waals surface area contributed by atoms with Crippen LogP contribution in [-0.4, -0.2) is 5.51 Å². The van der Waals surface area contributed by atoms with Crippen molar-refractivity contribution in [2.24, 2.45) is 11.7 Å². The van der Waals surface area contributed by atoms with Gasteiger partial charge in [0, 0.05) is 10.9 Å². The van der Waals surface area contributed by atoms with Crippen molar-refractivity contribution in [3.63, 3.8) is 0 Å². The highest BCUT2D eigenvalue weighted by atomic mass is 32.2. The zero-order valence-electron chi connectivity index (χ0n) is 9.20. The molecule has 1 aliphatic rings. The summed E-state index contributed by atoms with van der Waals surface area (Å²) >= 11 is -0.0934. The van der Waals surface area contributed by atoms with Crippen LogP contribution in [0.25, 0.3) is 0 Å². The minimum Gasteiger partial charge on any atom is -0.324 e. The number of rotatable bonds is 4. The lowest BCUT2D eigenvalue weighted by Gasteiger charge is -2.12. The van der Waals surface area contributed by atoms with Crippen molar-refractivity contribution in [3.8, 4) is 0 Å². The number of thioether (sulfide) groups is 1. The maximum absolute atomic E-state index is 12.1. The van der Waals surface area contributed by atoms with Gasteiger partial charge in [-0.1, -0.05) is 25.0 Å². The number of halogens is 3. The van der Waals surface area contributed by atoms with Gasteiger partial charge in [-0.25, -0.2) is 0 Å². The summed E-state index contributed by atoms with van der Waals surface area (Å²) in [6.45, 7) is 0.